The summed E-state index contributed by atoms with van der Waals surface area (Å²) in [5, 5.41) is 10.0. The third-order valence-corrected chi connectivity index (χ3v) is 4.98. The average Bonchev–Trinajstić information content (AvgIpc) is 2.99. The first-order valence-corrected chi connectivity index (χ1v) is 9.46. The Morgan fingerprint density at radius 1 is 1.23 bits per heavy atom. The second kappa shape index (κ2) is 8.33. The second-order valence-corrected chi connectivity index (χ2v) is 7.74. The van der Waals surface area contributed by atoms with Crippen molar-refractivity contribution in [2.75, 3.05) is 7.05 Å². The topological polar surface area (TPSA) is 61.5 Å². The van der Waals surface area contributed by atoms with Crippen LogP contribution in [-0.2, 0) is 0 Å². The van der Waals surface area contributed by atoms with Crippen LogP contribution in [0.5, 0.6) is 10.8 Å². The first-order valence-electron chi connectivity index (χ1n) is 8.69. The highest BCUT2D eigenvalue weighted by atomic mass is 32.1. The highest BCUT2D eigenvalue weighted by molar-refractivity contribution is 7.08. The van der Waals surface area contributed by atoms with Gasteiger partial charge >= 0.3 is 0 Å². The number of ether oxygens (including phenoxy) is 1. The number of hydrogen-bond acceptors (Lipinski definition) is 5. The van der Waals surface area contributed by atoms with Crippen LogP contribution >= 0.6 is 11.5 Å². The fourth-order valence-corrected chi connectivity index (χ4v) is 3.12. The zero-order chi connectivity index (χ0) is 19.4. The summed E-state index contributed by atoms with van der Waals surface area (Å²) in [6.07, 6.45) is 1.85. The van der Waals surface area contributed by atoms with Gasteiger partial charge in [0.15, 0.2) is 0 Å². The van der Waals surface area contributed by atoms with Gasteiger partial charge in [0.2, 0.25) is 5.06 Å². The Labute approximate surface area is 160 Å². The molecule has 0 saturated carbocycles. The predicted molar refractivity (Wildman–Crippen MR) is 108 cm³/mol. The Morgan fingerprint density at radius 3 is 2.50 bits per heavy atom. The summed E-state index contributed by atoms with van der Waals surface area (Å²) in [6, 6.07) is 6.60. The molecule has 1 aromatic carbocycles. The molecule has 0 amide bonds. The minimum atomic E-state index is 0.191. The summed E-state index contributed by atoms with van der Waals surface area (Å²) < 4.78 is 10.4. The number of aryl methyl sites for hydroxylation is 2. The Bertz CT molecular complexity index is 846. The van der Waals surface area contributed by atoms with Crippen LogP contribution in [0.1, 0.15) is 56.0 Å². The molecule has 0 aliphatic rings. The minimum absolute atomic E-state index is 0.191. The van der Waals surface area contributed by atoms with E-state index in [2.05, 4.69) is 34.2 Å². The molecule has 0 radical (unpaired) electrons. The SMILES string of the molecule is Cc1cc(Oc2snc(C(C)C)c2C#N)c(C)cc1/N=C\N(C)C(C)C. The Hall–Kier alpha value is -2.39. The maximum atomic E-state index is 9.46. The van der Waals surface area contributed by atoms with Crippen molar-refractivity contribution in [1.29, 1.82) is 5.26 Å². The van der Waals surface area contributed by atoms with Gasteiger partial charge in [-0.3, -0.25) is 0 Å². The van der Waals surface area contributed by atoms with E-state index in [1.165, 1.54) is 11.5 Å². The third kappa shape index (κ3) is 4.41. The molecule has 6 heteroatoms. The van der Waals surface area contributed by atoms with Crippen LogP contribution in [0.4, 0.5) is 5.69 Å². The maximum absolute atomic E-state index is 9.46. The van der Waals surface area contributed by atoms with E-state index in [0.717, 1.165) is 28.3 Å². The number of nitrogens with zero attached hydrogens (tertiary/aromatic N) is 4. The van der Waals surface area contributed by atoms with Gasteiger partial charge in [-0.05, 0) is 56.9 Å². The van der Waals surface area contributed by atoms with Gasteiger partial charge in [0, 0.05) is 24.6 Å². The van der Waals surface area contributed by atoms with Crippen molar-refractivity contribution < 1.29 is 4.74 Å². The normalized spacial score (nSPS) is 11.4. The van der Waals surface area contributed by atoms with Crippen LogP contribution in [0, 0.1) is 25.2 Å². The molecule has 0 aliphatic carbocycles. The quantitative estimate of drug-likeness (QED) is 0.494. The number of aliphatic imine (C=N–C) groups is 1. The van der Waals surface area contributed by atoms with Crippen molar-refractivity contribution in [3.05, 3.63) is 34.5 Å². The molecule has 0 aliphatic heterocycles. The van der Waals surface area contributed by atoms with E-state index in [1.807, 2.05) is 53.2 Å². The summed E-state index contributed by atoms with van der Waals surface area (Å²) in [4.78, 5) is 6.64. The molecule has 138 valence electrons. The van der Waals surface area contributed by atoms with Crippen LogP contribution < -0.4 is 4.74 Å². The molecule has 0 N–H and O–H groups in total. The molecule has 1 aromatic heterocycles. The van der Waals surface area contributed by atoms with Crippen LogP contribution in [0.2, 0.25) is 0 Å². The van der Waals surface area contributed by atoms with Crippen LogP contribution in [-0.4, -0.2) is 28.7 Å². The van der Waals surface area contributed by atoms with Gasteiger partial charge in [0.05, 0.1) is 17.7 Å². The van der Waals surface area contributed by atoms with Crippen molar-refractivity contribution >= 4 is 23.6 Å². The Kier molecular flexibility index (Phi) is 6.38. The fraction of sp³-hybridized carbons (Fsp3) is 0.450. The van der Waals surface area contributed by atoms with Crippen LogP contribution in [0.25, 0.3) is 0 Å². The monoisotopic (exact) mass is 370 g/mol. The molecule has 2 rings (SSSR count). The number of aromatic nitrogens is 1. The molecular formula is C20H26N4OS. The van der Waals surface area contributed by atoms with Crippen molar-refractivity contribution in [1.82, 2.24) is 9.27 Å². The molecule has 1 heterocycles. The highest BCUT2D eigenvalue weighted by Crippen LogP contribution is 2.37. The maximum Gasteiger partial charge on any atom is 0.218 e. The molecule has 5 nitrogen and oxygen atoms in total. The highest BCUT2D eigenvalue weighted by Gasteiger charge is 2.19. The first kappa shape index (κ1) is 19.9. The lowest BCUT2D eigenvalue weighted by molar-refractivity contribution is 0.429. The number of rotatable bonds is 6. The van der Waals surface area contributed by atoms with E-state index >= 15 is 0 Å². The van der Waals surface area contributed by atoms with Gasteiger partial charge < -0.3 is 9.64 Å². The smallest absolute Gasteiger partial charge is 0.218 e. The average molecular weight is 371 g/mol. The molecule has 0 spiro atoms. The van der Waals surface area contributed by atoms with Crippen molar-refractivity contribution in [3.63, 3.8) is 0 Å². The zero-order valence-electron chi connectivity index (χ0n) is 16.5. The summed E-state index contributed by atoms with van der Waals surface area (Å²) >= 11 is 1.23. The van der Waals surface area contributed by atoms with E-state index in [0.29, 0.717) is 16.7 Å². The van der Waals surface area contributed by atoms with Gasteiger partial charge in [0.1, 0.15) is 17.4 Å². The van der Waals surface area contributed by atoms with Gasteiger partial charge in [-0.15, -0.1) is 0 Å². The van der Waals surface area contributed by atoms with E-state index < -0.39 is 0 Å². The van der Waals surface area contributed by atoms with Crippen molar-refractivity contribution in [2.24, 2.45) is 4.99 Å². The third-order valence-electron chi connectivity index (χ3n) is 4.24. The Balaban J connectivity index is 2.30. The molecule has 26 heavy (non-hydrogen) atoms. The van der Waals surface area contributed by atoms with E-state index in [-0.39, 0.29) is 5.92 Å². The standard InChI is InChI=1S/C20H26N4OS/c1-12(2)19-16(10-21)20(26-23-19)25-18-9-14(5)17(8-15(18)6)22-11-24(7)13(3)4/h8-9,11-13H,1-7H3/b22-11-. The predicted octanol–water partition coefficient (Wildman–Crippen LogP) is 5.55. The molecule has 2 aromatic rings. The molecule has 0 unspecified atom stereocenters. The molecular weight excluding hydrogens is 344 g/mol. The summed E-state index contributed by atoms with van der Waals surface area (Å²) in [5.41, 5.74) is 4.22. The second-order valence-electron chi connectivity index (χ2n) is 7.01. The molecule has 0 saturated heterocycles. The van der Waals surface area contributed by atoms with Crippen molar-refractivity contribution in [3.8, 4) is 16.9 Å². The first-order chi connectivity index (χ1) is 12.2. The fourth-order valence-electron chi connectivity index (χ4n) is 2.26. The van der Waals surface area contributed by atoms with Crippen LogP contribution in [0.3, 0.4) is 0 Å². The molecule has 0 atom stereocenters. The van der Waals surface area contributed by atoms with E-state index in [1.54, 1.807) is 0 Å². The number of nitriles is 1. The van der Waals surface area contributed by atoms with E-state index in [4.69, 9.17) is 4.74 Å². The number of hydrogen-bond donors (Lipinski definition) is 0. The summed E-state index contributed by atoms with van der Waals surface area (Å²) in [5.74, 6) is 0.921. The van der Waals surface area contributed by atoms with Gasteiger partial charge in [-0.25, -0.2) is 4.99 Å². The van der Waals surface area contributed by atoms with E-state index in [9.17, 15) is 5.26 Å². The zero-order valence-corrected chi connectivity index (χ0v) is 17.3. The Morgan fingerprint density at radius 2 is 1.92 bits per heavy atom. The van der Waals surface area contributed by atoms with Crippen molar-refractivity contribution in [2.45, 2.75) is 53.5 Å². The number of benzene rings is 1. The largest absolute Gasteiger partial charge is 0.443 e. The molecule has 0 bridgehead atoms. The van der Waals surface area contributed by atoms with Gasteiger partial charge in [0.25, 0.3) is 0 Å². The lowest BCUT2D eigenvalue weighted by Gasteiger charge is -2.17. The lowest BCUT2D eigenvalue weighted by atomic mass is 10.1. The summed E-state index contributed by atoms with van der Waals surface area (Å²) in [7, 11) is 2.01. The summed E-state index contributed by atoms with van der Waals surface area (Å²) in [6.45, 7) is 12.3. The van der Waals surface area contributed by atoms with Crippen LogP contribution in [0.15, 0.2) is 17.1 Å². The van der Waals surface area contributed by atoms with Gasteiger partial charge in [-0.2, -0.15) is 9.64 Å². The molecule has 0 fully saturated rings. The van der Waals surface area contributed by atoms with Gasteiger partial charge in [-0.1, -0.05) is 13.8 Å². The minimum Gasteiger partial charge on any atom is -0.443 e. The lowest BCUT2D eigenvalue weighted by Crippen LogP contribution is -2.24.